The zero-order valence-electron chi connectivity index (χ0n) is 13.0. The largest absolute Gasteiger partial charge is 0.463 e. The van der Waals surface area contributed by atoms with Crippen molar-refractivity contribution in [3.63, 3.8) is 0 Å². The second kappa shape index (κ2) is 9.07. The van der Waals surface area contributed by atoms with Crippen LogP contribution in [0.25, 0.3) is 12.2 Å². The van der Waals surface area contributed by atoms with E-state index in [1.165, 1.54) is 12.2 Å². The predicted molar refractivity (Wildman–Crippen MR) is 101 cm³/mol. The number of nitrogens with one attached hydrogen (secondary N) is 1. The SMILES string of the molecule is CCOC(=O)/C=C/c1ccc(NC(=O)/C=C/c2ccc(I)o2)cc1. The summed E-state index contributed by atoms with van der Waals surface area (Å²) in [7, 11) is 0. The minimum atomic E-state index is -0.382. The molecule has 0 fully saturated rings. The molecule has 124 valence electrons. The van der Waals surface area contributed by atoms with Crippen LogP contribution >= 0.6 is 22.6 Å². The summed E-state index contributed by atoms with van der Waals surface area (Å²) in [5, 5.41) is 2.75. The Balaban J connectivity index is 1.90. The normalized spacial score (nSPS) is 11.1. The number of ether oxygens (including phenoxy) is 1. The van der Waals surface area contributed by atoms with E-state index in [0.717, 1.165) is 9.33 Å². The van der Waals surface area contributed by atoms with E-state index in [2.05, 4.69) is 27.9 Å². The van der Waals surface area contributed by atoms with Crippen LogP contribution in [0.2, 0.25) is 0 Å². The predicted octanol–water partition coefficient (Wildman–Crippen LogP) is 4.11. The van der Waals surface area contributed by atoms with Gasteiger partial charge in [0.05, 0.1) is 6.61 Å². The molecule has 0 aliphatic carbocycles. The highest BCUT2D eigenvalue weighted by atomic mass is 127. The molecule has 24 heavy (non-hydrogen) atoms. The van der Waals surface area contributed by atoms with Gasteiger partial charge in [-0.1, -0.05) is 12.1 Å². The van der Waals surface area contributed by atoms with Gasteiger partial charge in [0.25, 0.3) is 0 Å². The van der Waals surface area contributed by atoms with Crippen LogP contribution in [0.4, 0.5) is 5.69 Å². The van der Waals surface area contributed by atoms with Crippen LogP contribution < -0.4 is 5.32 Å². The third-order valence-electron chi connectivity index (χ3n) is 2.87. The maximum absolute atomic E-state index is 11.8. The number of carbonyl (C=O) groups excluding carboxylic acids is 2. The van der Waals surface area contributed by atoms with Crippen LogP contribution in [0.5, 0.6) is 0 Å². The molecule has 2 aromatic rings. The quantitative estimate of drug-likeness (QED) is 0.420. The summed E-state index contributed by atoms with van der Waals surface area (Å²) >= 11 is 2.06. The van der Waals surface area contributed by atoms with E-state index in [9.17, 15) is 9.59 Å². The lowest BCUT2D eigenvalue weighted by atomic mass is 10.2. The van der Waals surface area contributed by atoms with E-state index >= 15 is 0 Å². The van der Waals surface area contributed by atoms with Crippen LogP contribution in [0, 0.1) is 3.77 Å². The highest BCUT2D eigenvalue weighted by Crippen LogP contribution is 2.13. The maximum Gasteiger partial charge on any atom is 0.330 e. The van der Waals surface area contributed by atoms with Gasteiger partial charge in [0.1, 0.15) is 5.76 Å². The summed E-state index contributed by atoms with van der Waals surface area (Å²) in [4.78, 5) is 23.1. The van der Waals surface area contributed by atoms with Crippen molar-refractivity contribution in [1.29, 1.82) is 0 Å². The number of carbonyl (C=O) groups is 2. The van der Waals surface area contributed by atoms with Gasteiger partial charge in [-0.05, 0) is 71.5 Å². The Labute approximate surface area is 153 Å². The molecule has 0 bridgehead atoms. The number of benzene rings is 1. The molecule has 2 rings (SSSR count). The summed E-state index contributed by atoms with van der Waals surface area (Å²) in [5.74, 6) is -0.0159. The fourth-order valence-corrected chi connectivity index (χ4v) is 2.23. The lowest BCUT2D eigenvalue weighted by molar-refractivity contribution is -0.137. The van der Waals surface area contributed by atoms with Crippen LogP contribution in [-0.2, 0) is 14.3 Å². The van der Waals surface area contributed by atoms with Crippen molar-refractivity contribution in [2.45, 2.75) is 6.92 Å². The first-order valence-corrected chi connectivity index (χ1v) is 8.34. The zero-order valence-corrected chi connectivity index (χ0v) is 15.1. The molecule has 0 aliphatic rings. The van der Waals surface area contributed by atoms with E-state index in [1.807, 2.05) is 6.07 Å². The molecule has 0 saturated heterocycles. The lowest BCUT2D eigenvalue weighted by Gasteiger charge is -2.02. The Morgan fingerprint density at radius 1 is 1.12 bits per heavy atom. The second-order valence-electron chi connectivity index (χ2n) is 4.67. The third kappa shape index (κ3) is 6.04. The first kappa shape index (κ1) is 18.0. The molecule has 0 atom stereocenters. The van der Waals surface area contributed by atoms with E-state index < -0.39 is 0 Å². The number of esters is 1. The molecule has 6 heteroatoms. The second-order valence-corrected chi connectivity index (χ2v) is 5.74. The monoisotopic (exact) mass is 437 g/mol. The molecule has 1 N–H and O–H groups in total. The van der Waals surface area contributed by atoms with Crippen molar-refractivity contribution in [2.24, 2.45) is 0 Å². The number of anilines is 1. The lowest BCUT2D eigenvalue weighted by Crippen LogP contribution is -2.07. The smallest absolute Gasteiger partial charge is 0.330 e. The maximum atomic E-state index is 11.8. The molecule has 0 spiro atoms. The molecular weight excluding hydrogens is 421 g/mol. The molecule has 0 saturated carbocycles. The molecule has 1 heterocycles. The fourth-order valence-electron chi connectivity index (χ4n) is 1.79. The molecule has 0 radical (unpaired) electrons. The first-order valence-electron chi connectivity index (χ1n) is 7.26. The topological polar surface area (TPSA) is 68.5 Å². The van der Waals surface area contributed by atoms with E-state index in [-0.39, 0.29) is 11.9 Å². The summed E-state index contributed by atoms with van der Waals surface area (Å²) in [6.07, 6.45) is 6.03. The number of halogens is 1. The molecule has 0 unspecified atom stereocenters. The standard InChI is InChI=1S/C18H16INO4/c1-2-23-18(22)12-5-13-3-6-14(7-4-13)20-17(21)11-9-15-8-10-16(19)24-15/h3-12H,2H2,1H3,(H,20,21)/b11-9+,12-5+. The average molecular weight is 437 g/mol. The molecule has 1 aromatic heterocycles. The number of hydrogen-bond acceptors (Lipinski definition) is 4. The number of furan rings is 1. The fraction of sp³-hybridized carbons (Fsp3) is 0.111. The zero-order chi connectivity index (χ0) is 17.4. The van der Waals surface area contributed by atoms with Crippen molar-refractivity contribution in [1.82, 2.24) is 0 Å². The number of amides is 1. The van der Waals surface area contributed by atoms with Crippen molar-refractivity contribution >= 4 is 52.3 Å². The van der Waals surface area contributed by atoms with Gasteiger partial charge >= 0.3 is 5.97 Å². The Bertz CT molecular complexity index is 760. The van der Waals surface area contributed by atoms with E-state index in [0.29, 0.717) is 18.1 Å². The summed E-state index contributed by atoms with van der Waals surface area (Å²) in [6.45, 7) is 2.10. The Kier molecular flexibility index (Phi) is 6.80. The van der Waals surface area contributed by atoms with Crippen molar-refractivity contribution in [2.75, 3.05) is 11.9 Å². The van der Waals surface area contributed by atoms with Crippen molar-refractivity contribution < 1.29 is 18.7 Å². The number of rotatable bonds is 6. The highest BCUT2D eigenvalue weighted by Gasteiger charge is 2.00. The summed E-state index contributed by atoms with van der Waals surface area (Å²) < 4.78 is 10.9. The van der Waals surface area contributed by atoms with Gasteiger partial charge < -0.3 is 14.5 Å². The van der Waals surface area contributed by atoms with Crippen LogP contribution in [0.15, 0.2) is 53.0 Å². The van der Waals surface area contributed by atoms with Crippen molar-refractivity contribution in [3.8, 4) is 0 Å². The van der Waals surface area contributed by atoms with Gasteiger partial charge in [-0.15, -0.1) is 0 Å². The van der Waals surface area contributed by atoms with Crippen LogP contribution in [-0.4, -0.2) is 18.5 Å². The molecule has 0 aliphatic heterocycles. The first-order chi connectivity index (χ1) is 11.6. The van der Waals surface area contributed by atoms with E-state index in [1.54, 1.807) is 49.4 Å². The van der Waals surface area contributed by atoms with Gasteiger partial charge in [-0.2, -0.15) is 0 Å². The average Bonchev–Trinajstić information content (AvgIpc) is 2.98. The van der Waals surface area contributed by atoms with Gasteiger partial charge in [0, 0.05) is 17.8 Å². The highest BCUT2D eigenvalue weighted by molar-refractivity contribution is 14.1. The molecule has 5 nitrogen and oxygen atoms in total. The number of hydrogen-bond donors (Lipinski definition) is 1. The van der Waals surface area contributed by atoms with Gasteiger partial charge in [-0.25, -0.2) is 4.79 Å². The summed E-state index contributed by atoms with van der Waals surface area (Å²) in [5.41, 5.74) is 1.49. The molecular formula is C18H16INO4. The minimum Gasteiger partial charge on any atom is -0.463 e. The summed E-state index contributed by atoms with van der Waals surface area (Å²) in [6, 6.07) is 10.7. The van der Waals surface area contributed by atoms with E-state index in [4.69, 9.17) is 9.15 Å². The van der Waals surface area contributed by atoms with Crippen LogP contribution in [0.1, 0.15) is 18.2 Å². The minimum absolute atomic E-state index is 0.253. The molecule has 1 aromatic carbocycles. The Hall–Kier alpha value is -2.35. The van der Waals surface area contributed by atoms with Crippen molar-refractivity contribution in [3.05, 3.63) is 63.6 Å². The van der Waals surface area contributed by atoms with Gasteiger partial charge in [-0.3, -0.25) is 4.79 Å². The van der Waals surface area contributed by atoms with Crippen LogP contribution in [0.3, 0.4) is 0 Å². The van der Waals surface area contributed by atoms with Gasteiger partial charge in [0.2, 0.25) is 5.91 Å². The Morgan fingerprint density at radius 2 is 1.88 bits per heavy atom. The third-order valence-corrected chi connectivity index (χ3v) is 3.45. The molecule has 1 amide bonds. The van der Waals surface area contributed by atoms with Gasteiger partial charge in [0.15, 0.2) is 3.77 Å². The Morgan fingerprint density at radius 3 is 2.50 bits per heavy atom.